The summed E-state index contributed by atoms with van der Waals surface area (Å²) in [7, 11) is 1.62. The van der Waals surface area contributed by atoms with Crippen molar-refractivity contribution in [2.75, 3.05) is 26.7 Å². The van der Waals surface area contributed by atoms with Gasteiger partial charge in [0.25, 0.3) is 0 Å². The molecular weight excluding hydrogens is 316 g/mol. The zero-order chi connectivity index (χ0) is 17.9. The van der Waals surface area contributed by atoms with Gasteiger partial charge in [0.1, 0.15) is 0 Å². The molecule has 0 aromatic heterocycles. The molecule has 2 bridgehead atoms. The molecule has 1 amide bonds. The number of piperidine rings is 3. The Hall–Kier alpha value is -2.01. The monoisotopic (exact) mass is 344 g/mol. The molecule has 0 atom stereocenters. The van der Waals surface area contributed by atoms with Crippen LogP contribution in [-0.4, -0.2) is 49.2 Å². The van der Waals surface area contributed by atoms with Crippen LogP contribution in [0.5, 0.6) is 11.5 Å². The maximum Gasteiger partial charge on any atom is 0.244 e. The van der Waals surface area contributed by atoms with Crippen LogP contribution in [-0.2, 0) is 4.79 Å². The Labute approximate surface area is 150 Å². The van der Waals surface area contributed by atoms with Gasteiger partial charge < -0.3 is 19.7 Å². The van der Waals surface area contributed by atoms with Gasteiger partial charge in [-0.15, -0.1) is 0 Å². The lowest BCUT2D eigenvalue weighted by molar-refractivity contribution is -0.119. The predicted octanol–water partition coefficient (Wildman–Crippen LogP) is 2.85. The zero-order valence-corrected chi connectivity index (χ0v) is 15.4. The quantitative estimate of drug-likeness (QED) is 0.806. The van der Waals surface area contributed by atoms with Gasteiger partial charge in [-0.05, 0) is 56.9 Å². The zero-order valence-electron chi connectivity index (χ0n) is 15.4. The van der Waals surface area contributed by atoms with Gasteiger partial charge in [0.05, 0.1) is 13.2 Å². The molecule has 1 N–H and O–H groups in total. The topological polar surface area (TPSA) is 50.8 Å². The van der Waals surface area contributed by atoms with Gasteiger partial charge in [0, 0.05) is 31.2 Å². The maximum absolute atomic E-state index is 12.4. The molecule has 0 saturated carbocycles. The van der Waals surface area contributed by atoms with Crippen LogP contribution in [0, 0.1) is 0 Å². The highest BCUT2D eigenvalue weighted by Gasteiger charge is 2.39. The van der Waals surface area contributed by atoms with E-state index >= 15 is 0 Å². The van der Waals surface area contributed by atoms with Crippen molar-refractivity contribution in [1.29, 1.82) is 0 Å². The Morgan fingerprint density at radius 3 is 2.48 bits per heavy atom. The maximum atomic E-state index is 12.4. The van der Waals surface area contributed by atoms with Crippen molar-refractivity contribution in [2.45, 2.75) is 44.8 Å². The largest absolute Gasteiger partial charge is 0.493 e. The van der Waals surface area contributed by atoms with Crippen LogP contribution in [0.1, 0.15) is 38.7 Å². The molecule has 5 heteroatoms. The van der Waals surface area contributed by atoms with Gasteiger partial charge in [-0.1, -0.05) is 6.07 Å². The first kappa shape index (κ1) is 17.8. The number of amides is 1. The average Bonchev–Trinajstić information content (AvgIpc) is 2.61. The van der Waals surface area contributed by atoms with E-state index in [1.807, 2.05) is 38.1 Å². The summed E-state index contributed by atoms with van der Waals surface area (Å²) in [5.41, 5.74) is 0.919. The molecule has 3 aliphatic heterocycles. The SMILES string of the molecule is COc1cc(C=CC(=O)NC23CCN(CC2)CC3)ccc1OC(C)C. The summed E-state index contributed by atoms with van der Waals surface area (Å²) >= 11 is 0. The molecule has 5 nitrogen and oxygen atoms in total. The Morgan fingerprint density at radius 1 is 1.20 bits per heavy atom. The van der Waals surface area contributed by atoms with Crippen molar-refractivity contribution >= 4 is 12.0 Å². The van der Waals surface area contributed by atoms with Crippen LogP contribution < -0.4 is 14.8 Å². The number of methoxy groups -OCH3 is 1. The molecule has 4 rings (SSSR count). The molecule has 136 valence electrons. The van der Waals surface area contributed by atoms with Gasteiger partial charge in [-0.25, -0.2) is 0 Å². The Kier molecular flexibility index (Phi) is 5.33. The second-order valence-electron chi connectivity index (χ2n) is 7.27. The smallest absolute Gasteiger partial charge is 0.244 e. The summed E-state index contributed by atoms with van der Waals surface area (Å²) in [5.74, 6) is 1.37. The van der Waals surface area contributed by atoms with Gasteiger partial charge >= 0.3 is 0 Å². The molecule has 1 aromatic rings. The van der Waals surface area contributed by atoms with E-state index in [1.54, 1.807) is 13.2 Å². The van der Waals surface area contributed by atoms with Crippen LogP contribution in [0.2, 0.25) is 0 Å². The van der Waals surface area contributed by atoms with E-state index in [0.29, 0.717) is 11.5 Å². The lowest BCUT2D eigenvalue weighted by Gasteiger charge is -2.48. The standard InChI is InChI=1S/C20H28N2O3/c1-15(2)25-17-6-4-16(14-18(17)24-3)5-7-19(23)21-20-8-11-22(12-9-20)13-10-20/h4-7,14-15H,8-13H2,1-3H3,(H,21,23). The van der Waals surface area contributed by atoms with Crippen LogP contribution in [0.25, 0.3) is 6.08 Å². The lowest BCUT2D eigenvalue weighted by atomic mass is 9.80. The number of fused-ring (bicyclic) bond motifs is 3. The molecule has 3 saturated heterocycles. The molecule has 0 spiro atoms. The molecule has 1 aromatic carbocycles. The van der Waals surface area contributed by atoms with Crippen molar-refractivity contribution in [2.24, 2.45) is 0 Å². The predicted molar refractivity (Wildman–Crippen MR) is 99.0 cm³/mol. The summed E-state index contributed by atoms with van der Waals surface area (Å²) < 4.78 is 11.1. The fourth-order valence-corrected chi connectivity index (χ4v) is 3.63. The molecular formula is C20H28N2O3. The summed E-state index contributed by atoms with van der Waals surface area (Å²) in [6.07, 6.45) is 6.70. The van der Waals surface area contributed by atoms with E-state index < -0.39 is 0 Å². The molecule has 0 aliphatic carbocycles. The number of hydrogen-bond donors (Lipinski definition) is 1. The number of rotatable bonds is 6. The van der Waals surface area contributed by atoms with E-state index in [0.717, 1.165) is 44.5 Å². The number of carbonyl (C=O) groups is 1. The van der Waals surface area contributed by atoms with E-state index in [1.165, 1.54) is 0 Å². The number of ether oxygens (including phenoxy) is 2. The number of benzene rings is 1. The third kappa shape index (κ3) is 4.34. The van der Waals surface area contributed by atoms with E-state index in [-0.39, 0.29) is 17.6 Å². The fourth-order valence-electron chi connectivity index (χ4n) is 3.63. The van der Waals surface area contributed by atoms with Crippen molar-refractivity contribution in [3.63, 3.8) is 0 Å². The molecule has 3 heterocycles. The minimum atomic E-state index is -0.0168. The number of carbonyl (C=O) groups excluding carboxylic acids is 1. The second kappa shape index (κ2) is 7.48. The number of hydrogen-bond acceptors (Lipinski definition) is 4. The Balaban J connectivity index is 1.63. The van der Waals surface area contributed by atoms with E-state index in [2.05, 4.69) is 10.2 Å². The fraction of sp³-hybridized carbons (Fsp3) is 0.550. The molecule has 3 fully saturated rings. The molecule has 25 heavy (non-hydrogen) atoms. The summed E-state index contributed by atoms with van der Waals surface area (Å²) in [6, 6.07) is 5.70. The second-order valence-corrected chi connectivity index (χ2v) is 7.27. The molecule has 0 unspecified atom stereocenters. The van der Waals surface area contributed by atoms with Gasteiger partial charge in [-0.3, -0.25) is 4.79 Å². The van der Waals surface area contributed by atoms with Gasteiger partial charge in [0.2, 0.25) is 5.91 Å². The lowest BCUT2D eigenvalue weighted by Crippen LogP contribution is -2.60. The molecule has 0 radical (unpaired) electrons. The highest BCUT2D eigenvalue weighted by atomic mass is 16.5. The Morgan fingerprint density at radius 2 is 1.88 bits per heavy atom. The summed E-state index contributed by atoms with van der Waals surface area (Å²) in [6.45, 7) is 7.25. The van der Waals surface area contributed by atoms with Crippen molar-refractivity contribution < 1.29 is 14.3 Å². The number of nitrogens with one attached hydrogen (secondary N) is 1. The van der Waals surface area contributed by atoms with Crippen molar-refractivity contribution in [3.8, 4) is 11.5 Å². The van der Waals surface area contributed by atoms with Gasteiger partial charge in [0.15, 0.2) is 11.5 Å². The van der Waals surface area contributed by atoms with Crippen LogP contribution in [0.4, 0.5) is 0 Å². The highest BCUT2D eigenvalue weighted by molar-refractivity contribution is 5.92. The first-order valence-corrected chi connectivity index (χ1v) is 9.07. The van der Waals surface area contributed by atoms with Gasteiger partial charge in [-0.2, -0.15) is 0 Å². The van der Waals surface area contributed by atoms with Crippen molar-refractivity contribution in [3.05, 3.63) is 29.8 Å². The van der Waals surface area contributed by atoms with E-state index in [9.17, 15) is 4.79 Å². The minimum Gasteiger partial charge on any atom is -0.493 e. The first-order valence-electron chi connectivity index (χ1n) is 9.07. The van der Waals surface area contributed by atoms with Crippen molar-refractivity contribution in [1.82, 2.24) is 10.2 Å². The first-order chi connectivity index (χ1) is 12.0. The Bertz CT molecular complexity index is 633. The third-order valence-electron chi connectivity index (χ3n) is 5.09. The normalized spacial score (nSPS) is 25.4. The number of nitrogens with zero attached hydrogens (tertiary/aromatic N) is 1. The molecule has 3 aliphatic rings. The highest BCUT2D eigenvalue weighted by Crippen LogP contribution is 2.32. The van der Waals surface area contributed by atoms with Crippen LogP contribution in [0.3, 0.4) is 0 Å². The summed E-state index contributed by atoms with van der Waals surface area (Å²) in [4.78, 5) is 14.8. The average molecular weight is 344 g/mol. The van der Waals surface area contributed by atoms with Crippen LogP contribution >= 0.6 is 0 Å². The summed E-state index contributed by atoms with van der Waals surface area (Å²) in [5, 5.41) is 3.25. The minimum absolute atomic E-state index is 0.00280. The van der Waals surface area contributed by atoms with E-state index in [4.69, 9.17) is 9.47 Å². The third-order valence-corrected chi connectivity index (χ3v) is 5.09. The van der Waals surface area contributed by atoms with Crippen LogP contribution in [0.15, 0.2) is 24.3 Å².